The largest absolute Gasteiger partial charge is 0.493 e. The van der Waals surface area contributed by atoms with Crippen molar-refractivity contribution < 1.29 is 19.4 Å². The Hall–Kier alpha value is -2.24. The number of ether oxygens (including phenoxy) is 2. The molecule has 5 nitrogen and oxygen atoms in total. The van der Waals surface area contributed by atoms with Crippen LogP contribution in [-0.2, 0) is 11.3 Å². The summed E-state index contributed by atoms with van der Waals surface area (Å²) >= 11 is 0. The minimum Gasteiger partial charge on any atom is -0.493 e. The van der Waals surface area contributed by atoms with Crippen LogP contribution in [-0.4, -0.2) is 32.0 Å². The minimum absolute atomic E-state index is 0.0891. The quantitative estimate of drug-likeness (QED) is 0.734. The van der Waals surface area contributed by atoms with Crippen LogP contribution in [0.3, 0.4) is 0 Å². The number of benzene rings is 2. The Balaban J connectivity index is 1.97. The zero-order chi connectivity index (χ0) is 15.8. The lowest BCUT2D eigenvalue weighted by Crippen LogP contribution is -2.23. The molecule has 0 bridgehead atoms. The molecular formula is C17H21NO4. The first kappa shape index (κ1) is 16.1. The lowest BCUT2D eigenvalue weighted by molar-refractivity contribution is 0.0475. The number of rotatable bonds is 8. The Labute approximate surface area is 130 Å². The minimum atomic E-state index is -0.363. The van der Waals surface area contributed by atoms with Gasteiger partial charge in [-0.2, -0.15) is 0 Å². The highest BCUT2D eigenvalue weighted by Gasteiger charge is 2.12. The van der Waals surface area contributed by atoms with E-state index in [4.69, 9.17) is 14.3 Å². The van der Waals surface area contributed by atoms with E-state index in [1.54, 1.807) is 14.2 Å². The van der Waals surface area contributed by atoms with Crippen LogP contribution < -0.4 is 15.0 Å². The number of aliphatic hydroxyl groups is 1. The number of nitrogens with one attached hydrogen (secondary N) is 1. The molecule has 2 rings (SSSR count). The van der Waals surface area contributed by atoms with Crippen LogP contribution >= 0.6 is 0 Å². The summed E-state index contributed by atoms with van der Waals surface area (Å²) in [5.74, 6) is 1.34. The summed E-state index contributed by atoms with van der Waals surface area (Å²) in [6, 6.07) is 15.2. The van der Waals surface area contributed by atoms with Gasteiger partial charge in [-0.3, -0.25) is 10.3 Å². The summed E-state index contributed by atoms with van der Waals surface area (Å²) in [7, 11) is 3.19. The van der Waals surface area contributed by atoms with Crippen LogP contribution in [0.15, 0.2) is 48.5 Å². The van der Waals surface area contributed by atoms with Crippen LogP contribution in [0.1, 0.15) is 5.56 Å². The van der Waals surface area contributed by atoms with Gasteiger partial charge < -0.3 is 14.6 Å². The fraction of sp³-hybridized carbons (Fsp3) is 0.294. The normalized spacial score (nSPS) is 11.8. The number of hydrogen-bond donors (Lipinski definition) is 2. The van der Waals surface area contributed by atoms with Crippen LogP contribution in [0, 0.1) is 0 Å². The van der Waals surface area contributed by atoms with Gasteiger partial charge in [0.25, 0.3) is 0 Å². The van der Waals surface area contributed by atoms with Gasteiger partial charge in [-0.15, -0.1) is 0 Å². The average molecular weight is 303 g/mol. The molecule has 5 heteroatoms. The molecule has 0 amide bonds. The fourth-order valence-corrected chi connectivity index (χ4v) is 2.07. The van der Waals surface area contributed by atoms with Gasteiger partial charge in [0, 0.05) is 6.42 Å². The third-order valence-electron chi connectivity index (χ3n) is 3.23. The number of methoxy groups -OCH3 is 2. The lowest BCUT2D eigenvalue weighted by atomic mass is 10.1. The van der Waals surface area contributed by atoms with E-state index in [0.717, 1.165) is 11.3 Å². The molecule has 0 heterocycles. The van der Waals surface area contributed by atoms with Crippen LogP contribution in [0.4, 0.5) is 5.69 Å². The second-order valence-electron chi connectivity index (χ2n) is 4.78. The van der Waals surface area contributed by atoms with E-state index < -0.39 is 0 Å². The maximum absolute atomic E-state index is 9.47. The molecule has 0 radical (unpaired) electrons. The van der Waals surface area contributed by atoms with Crippen molar-refractivity contribution in [1.29, 1.82) is 0 Å². The van der Waals surface area contributed by atoms with Crippen molar-refractivity contribution in [2.75, 3.05) is 26.3 Å². The van der Waals surface area contributed by atoms with Crippen molar-refractivity contribution in [3.8, 4) is 11.5 Å². The van der Waals surface area contributed by atoms with Crippen LogP contribution in [0.25, 0.3) is 0 Å². The first-order valence-corrected chi connectivity index (χ1v) is 7.05. The Morgan fingerprint density at radius 3 is 2.36 bits per heavy atom. The lowest BCUT2D eigenvalue weighted by Gasteiger charge is -2.17. The van der Waals surface area contributed by atoms with Crippen LogP contribution in [0.5, 0.6) is 11.5 Å². The van der Waals surface area contributed by atoms with E-state index in [9.17, 15) is 5.11 Å². The number of para-hydroxylation sites is 1. The Morgan fingerprint density at radius 1 is 1.00 bits per heavy atom. The summed E-state index contributed by atoms with van der Waals surface area (Å²) in [4.78, 5) is 5.54. The average Bonchev–Trinajstić information content (AvgIpc) is 2.59. The van der Waals surface area contributed by atoms with Gasteiger partial charge in [-0.1, -0.05) is 24.3 Å². The smallest absolute Gasteiger partial charge is 0.160 e. The molecule has 0 aliphatic heterocycles. The van der Waals surface area contributed by atoms with Gasteiger partial charge in [0.15, 0.2) is 11.5 Å². The van der Waals surface area contributed by atoms with E-state index >= 15 is 0 Å². The van der Waals surface area contributed by atoms with Crippen molar-refractivity contribution in [3.63, 3.8) is 0 Å². The maximum Gasteiger partial charge on any atom is 0.160 e. The molecule has 0 saturated heterocycles. The molecule has 22 heavy (non-hydrogen) atoms. The molecule has 0 saturated carbocycles. The predicted octanol–water partition coefficient (Wildman–Crippen LogP) is 2.65. The maximum atomic E-state index is 9.47. The number of anilines is 1. The van der Waals surface area contributed by atoms with Crippen LogP contribution in [0.2, 0.25) is 0 Å². The zero-order valence-corrected chi connectivity index (χ0v) is 12.8. The van der Waals surface area contributed by atoms with Crippen molar-refractivity contribution in [2.45, 2.75) is 12.5 Å². The summed E-state index contributed by atoms with van der Waals surface area (Å²) in [5.41, 5.74) is 4.68. The highest BCUT2D eigenvalue weighted by molar-refractivity contribution is 5.43. The third kappa shape index (κ3) is 4.38. The predicted molar refractivity (Wildman–Crippen MR) is 85.3 cm³/mol. The second-order valence-corrected chi connectivity index (χ2v) is 4.78. The van der Waals surface area contributed by atoms with Gasteiger partial charge in [0.1, 0.15) is 6.10 Å². The van der Waals surface area contributed by atoms with Crippen molar-refractivity contribution in [3.05, 3.63) is 54.1 Å². The van der Waals surface area contributed by atoms with E-state index in [-0.39, 0.29) is 12.7 Å². The summed E-state index contributed by atoms with van der Waals surface area (Å²) in [6.45, 7) is -0.0891. The first-order valence-electron chi connectivity index (χ1n) is 7.05. The number of hydrogen-bond acceptors (Lipinski definition) is 5. The van der Waals surface area contributed by atoms with Gasteiger partial charge in [-0.25, -0.2) is 0 Å². The van der Waals surface area contributed by atoms with Gasteiger partial charge in [0.05, 0.1) is 26.5 Å². The van der Waals surface area contributed by atoms with Gasteiger partial charge >= 0.3 is 0 Å². The van der Waals surface area contributed by atoms with E-state index in [1.807, 2.05) is 48.5 Å². The molecule has 0 aliphatic carbocycles. The summed E-state index contributed by atoms with van der Waals surface area (Å²) < 4.78 is 10.5. The standard InChI is InChI=1S/C17H21NO4/c1-20-16-9-8-13(11-17(16)21-2)10-15(12-19)22-18-14-6-4-3-5-7-14/h3-9,11,15,18-19H,10,12H2,1-2H3/t15-/m1/s1. The SMILES string of the molecule is COc1ccc(C[C@H](CO)ONc2ccccc2)cc1OC. The molecule has 0 spiro atoms. The highest BCUT2D eigenvalue weighted by atomic mass is 16.7. The first-order chi connectivity index (χ1) is 10.8. The van der Waals surface area contributed by atoms with E-state index in [0.29, 0.717) is 17.9 Å². The molecule has 0 aromatic heterocycles. The second kappa shape index (κ2) is 8.26. The summed E-state index contributed by atoms with van der Waals surface area (Å²) in [5, 5.41) is 9.47. The molecular weight excluding hydrogens is 282 g/mol. The van der Waals surface area contributed by atoms with E-state index in [2.05, 4.69) is 5.48 Å². The van der Waals surface area contributed by atoms with Crippen molar-refractivity contribution in [2.24, 2.45) is 0 Å². The molecule has 2 N–H and O–H groups in total. The van der Waals surface area contributed by atoms with Crippen molar-refractivity contribution in [1.82, 2.24) is 0 Å². The topological polar surface area (TPSA) is 60.0 Å². The molecule has 0 fully saturated rings. The molecule has 0 unspecified atom stereocenters. The number of aliphatic hydroxyl groups excluding tert-OH is 1. The third-order valence-corrected chi connectivity index (χ3v) is 3.23. The molecule has 2 aromatic carbocycles. The summed E-state index contributed by atoms with van der Waals surface area (Å²) in [6.07, 6.45) is 0.190. The highest BCUT2D eigenvalue weighted by Crippen LogP contribution is 2.28. The Bertz CT molecular complexity index is 574. The van der Waals surface area contributed by atoms with Gasteiger partial charge in [-0.05, 0) is 29.8 Å². The molecule has 118 valence electrons. The van der Waals surface area contributed by atoms with E-state index in [1.165, 1.54) is 0 Å². The molecule has 1 atom stereocenters. The fourth-order valence-electron chi connectivity index (χ4n) is 2.07. The molecule has 0 aliphatic rings. The molecule has 2 aromatic rings. The monoisotopic (exact) mass is 303 g/mol. The van der Waals surface area contributed by atoms with Crippen molar-refractivity contribution >= 4 is 5.69 Å². The van der Waals surface area contributed by atoms with Gasteiger partial charge in [0.2, 0.25) is 0 Å². The zero-order valence-electron chi connectivity index (χ0n) is 12.8. The Morgan fingerprint density at radius 2 is 1.73 bits per heavy atom. The Kier molecular flexibility index (Phi) is 6.06.